The van der Waals surface area contributed by atoms with Crippen LogP contribution in [0.1, 0.15) is 0 Å². The van der Waals surface area contributed by atoms with Crippen molar-refractivity contribution >= 4 is 101 Å². The molecule has 2 nitrogen and oxygen atoms in total. The highest BCUT2D eigenvalue weighted by Gasteiger charge is 2.23. The smallest absolute Gasteiger partial charge is 0.150 e. The van der Waals surface area contributed by atoms with Crippen LogP contribution in [0, 0.1) is 0 Å². The van der Waals surface area contributed by atoms with E-state index in [2.05, 4.69) is 153 Å². The lowest BCUT2D eigenvalue weighted by molar-refractivity contribution is 0.638. The van der Waals surface area contributed by atoms with Crippen LogP contribution in [0.2, 0.25) is 0 Å². The number of fused-ring (bicyclic) bond motifs is 3. The molecule has 0 saturated heterocycles. The second kappa shape index (κ2) is 12.9. The highest BCUT2D eigenvalue weighted by atomic mass is 79.9. The topological polar surface area (TPSA) is 18.5 Å². The Morgan fingerprint density at radius 2 is 0.721 bits per heavy atom. The quantitative estimate of drug-likeness (QED) is 0.144. The number of rotatable bonds is 8. The van der Waals surface area contributed by atoms with Crippen molar-refractivity contribution in [2.24, 2.45) is 0 Å². The van der Waals surface area contributed by atoms with Gasteiger partial charge in [0.15, 0.2) is 16.3 Å². The minimum absolute atomic E-state index is 0.861. The van der Waals surface area contributed by atoms with Gasteiger partial charge in [-0.2, -0.15) is 0 Å². The Kier molecular flexibility index (Phi) is 8.62. The average molecular weight is 742 g/mol. The highest BCUT2D eigenvalue weighted by molar-refractivity contribution is 9.10. The van der Waals surface area contributed by atoms with Gasteiger partial charge in [-0.1, -0.05) is 153 Å². The van der Waals surface area contributed by atoms with E-state index in [-0.39, 0.29) is 0 Å². The van der Waals surface area contributed by atoms with E-state index in [4.69, 9.17) is 9.05 Å². The van der Waals surface area contributed by atoms with Gasteiger partial charge in [0.2, 0.25) is 0 Å². The first-order chi connectivity index (χ1) is 21.1. The normalized spacial score (nSPS) is 11.4. The van der Waals surface area contributed by atoms with E-state index in [1.807, 2.05) is 24.3 Å². The second-order valence-corrected chi connectivity index (χ2v) is 16.2. The Morgan fingerprint density at radius 3 is 1.02 bits per heavy atom. The van der Waals surface area contributed by atoms with Gasteiger partial charge in [-0.05, 0) is 24.3 Å². The lowest BCUT2D eigenvalue weighted by Crippen LogP contribution is -2.15. The lowest BCUT2D eigenvalue weighted by atomic mass is 10.1. The fourth-order valence-electron chi connectivity index (χ4n) is 4.94. The van der Waals surface area contributed by atoms with Gasteiger partial charge < -0.3 is 9.05 Å². The van der Waals surface area contributed by atoms with Gasteiger partial charge in [-0.25, -0.2) is 0 Å². The molecule has 1 aromatic heterocycles. The summed E-state index contributed by atoms with van der Waals surface area (Å²) >= 11 is 9.30. The molecular formula is C36H24Br2O2P2S. The average Bonchev–Trinajstić information content (AvgIpc) is 3.42. The third-order valence-corrected chi connectivity index (χ3v) is 12.9. The molecule has 0 aliphatic heterocycles. The van der Waals surface area contributed by atoms with Crippen molar-refractivity contribution in [3.63, 3.8) is 0 Å². The van der Waals surface area contributed by atoms with Crippen molar-refractivity contribution in [3.8, 4) is 11.5 Å². The monoisotopic (exact) mass is 740 g/mol. The zero-order valence-corrected chi connectivity index (χ0v) is 28.5. The molecule has 7 heteroatoms. The number of hydrogen-bond acceptors (Lipinski definition) is 3. The van der Waals surface area contributed by atoms with E-state index in [0.29, 0.717) is 0 Å². The summed E-state index contributed by atoms with van der Waals surface area (Å²) in [6.45, 7) is 0. The Morgan fingerprint density at radius 1 is 0.419 bits per heavy atom. The van der Waals surface area contributed by atoms with Crippen LogP contribution in [0.4, 0.5) is 0 Å². The second-order valence-electron chi connectivity index (χ2n) is 9.78. The fourth-order valence-corrected chi connectivity index (χ4v) is 10.6. The molecule has 1 heterocycles. The minimum atomic E-state index is -1.08. The molecule has 0 bridgehead atoms. The van der Waals surface area contributed by atoms with Crippen LogP contribution in [0.15, 0.2) is 155 Å². The number of benzene rings is 6. The maximum Gasteiger partial charge on any atom is 0.150 e. The highest BCUT2D eigenvalue weighted by Crippen LogP contribution is 2.51. The van der Waals surface area contributed by atoms with E-state index < -0.39 is 16.3 Å². The Labute approximate surface area is 274 Å². The van der Waals surface area contributed by atoms with Crippen molar-refractivity contribution in [2.75, 3.05) is 0 Å². The van der Waals surface area contributed by atoms with Crippen LogP contribution < -0.4 is 30.3 Å². The van der Waals surface area contributed by atoms with E-state index >= 15 is 0 Å². The summed E-state index contributed by atoms with van der Waals surface area (Å²) in [5, 5.41) is 6.94. The van der Waals surface area contributed by atoms with Crippen molar-refractivity contribution in [1.29, 1.82) is 0 Å². The molecule has 210 valence electrons. The molecule has 7 rings (SSSR count). The summed E-state index contributed by atoms with van der Waals surface area (Å²) in [4.78, 5) is 0. The first-order valence-corrected chi connectivity index (χ1v) is 18.6. The van der Waals surface area contributed by atoms with Crippen molar-refractivity contribution in [2.45, 2.75) is 0 Å². The fraction of sp³-hybridized carbons (Fsp3) is 0. The number of thiophene rings is 1. The van der Waals surface area contributed by atoms with Gasteiger partial charge in [0.05, 0.1) is 9.40 Å². The Bertz CT molecular complexity index is 1780. The maximum atomic E-state index is 7.00. The van der Waals surface area contributed by atoms with E-state index in [1.165, 1.54) is 21.2 Å². The van der Waals surface area contributed by atoms with Gasteiger partial charge in [0.1, 0.15) is 11.5 Å². The molecule has 0 radical (unpaired) electrons. The van der Waals surface area contributed by atoms with Crippen LogP contribution >= 0.6 is 59.5 Å². The van der Waals surface area contributed by atoms with Crippen LogP contribution in [-0.4, -0.2) is 0 Å². The SMILES string of the molecule is Brc1cc(OP(c2ccccc2)c2ccccc2)c2sc3c(OP(c4ccccc4)c4ccccc4)cc(Br)cc3c2c1. The van der Waals surface area contributed by atoms with E-state index in [9.17, 15) is 0 Å². The first kappa shape index (κ1) is 28.7. The van der Waals surface area contributed by atoms with Crippen molar-refractivity contribution < 1.29 is 9.05 Å². The van der Waals surface area contributed by atoms with Crippen molar-refractivity contribution in [3.05, 3.63) is 155 Å². The summed E-state index contributed by atoms with van der Waals surface area (Å²) in [5.74, 6) is 1.72. The van der Waals surface area contributed by atoms with Gasteiger partial charge in [-0.15, -0.1) is 11.3 Å². The molecule has 0 saturated carbocycles. The summed E-state index contributed by atoms with van der Waals surface area (Å²) in [7, 11) is -2.16. The molecule has 43 heavy (non-hydrogen) atoms. The molecule has 0 fully saturated rings. The van der Waals surface area contributed by atoms with Crippen molar-refractivity contribution in [1.82, 2.24) is 0 Å². The molecular weight excluding hydrogens is 718 g/mol. The standard InChI is InChI=1S/C36H24Br2O2P2S/c37-25-21-31-32-22-26(38)24-34(40-42(29-17-9-3-10-18-29)30-19-11-4-12-20-30)36(32)43-35(31)33(23-25)39-41(27-13-5-1-6-14-27)28-15-7-2-8-16-28/h1-24H. The molecule has 0 atom stereocenters. The summed E-state index contributed by atoms with van der Waals surface area (Å²) in [6.07, 6.45) is 0. The Balaban J connectivity index is 1.37. The zero-order chi connectivity index (χ0) is 29.2. The molecule has 0 spiro atoms. The number of hydrogen-bond donors (Lipinski definition) is 0. The largest absolute Gasteiger partial charge is 0.463 e. The minimum Gasteiger partial charge on any atom is -0.463 e. The maximum absolute atomic E-state index is 7.00. The molecule has 0 aliphatic carbocycles. The zero-order valence-electron chi connectivity index (χ0n) is 22.7. The molecule has 0 amide bonds. The lowest BCUT2D eigenvalue weighted by Gasteiger charge is -2.20. The van der Waals surface area contributed by atoms with Crippen LogP contribution in [0.3, 0.4) is 0 Å². The molecule has 0 N–H and O–H groups in total. The van der Waals surface area contributed by atoms with Gasteiger partial charge in [0, 0.05) is 40.9 Å². The Hall–Kier alpha value is -3.04. The van der Waals surface area contributed by atoms with Gasteiger partial charge in [0.25, 0.3) is 0 Å². The predicted molar refractivity (Wildman–Crippen MR) is 194 cm³/mol. The molecule has 0 unspecified atom stereocenters. The van der Waals surface area contributed by atoms with E-state index in [1.54, 1.807) is 11.3 Å². The third kappa shape index (κ3) is 6.16. The van der Waals surface area contributed by atoms with Gasteiger partial charge >= 0.3 is 0 Å². The summed E-state index contributed by atoms with van der Waals surface area (Å²) in [5.41, 5.74) is 0. The number of halogens is 2. The van der Waals surface area contributed by atoms with Crippen LogP contribution in [-0.2, 0) is 0 Å². The first-order valence-electron chi connectivity index (χ1n) is 13.7. The summed E-state index contributed by atoms with van der Waals surface area (Å²) < 4.78 is 18.1. The van der Waals surface area contributed by atoms with Crippen LogP contribution in [0.5, 0.6) is 11.5 Å². The van der Waals surface area contributed by atoms with Crippen LogP contribution in [0.25, 0.3) is 20.2 Å². The van der Waals surface area contributed by atoms with Gasteiger partial charge in [-0.3, -0.25) is 0 Å². The molecule has 6 aromatic carbocycles. The third-order valence-electron chi connectivity index (χ3n) is 6.88. The molecule has 0 aliphatic rings. The van der Waals surface area contributed by atoms with E-state index in [0.717, 1.165) is 40.6 Å². The summed E-state index contributed by atoms with van der Waals surface area (Å²) in [6, 6.07) is 50.5. The molecule has 7 aromatic rings. The predicted octanol–water partition coefficient (Wildman–Crippen LogP) is 10.4.